The predicted octanol–water partition coefficient (Wildman–Crippen LogP) is 4.10. The number of likely N-dealkylation sites (tertiary alicyclic amines) is 1. The first-order valence-electron chi connectivity index (χ1n) is 15.6. The average Bonchev–Trinajstić information content (AvgIpc) is 3.42. The van der Waals surface area contributed by atoms with Crippen LogP contribution in [0.3, 0.4) is 0 Å². The number of aromatic nitrogens is 1. The number of rotatable bonds is 7. The van der Waals surface area contributed by atoms with E-state index < -0.39 is 17.8 Å². The molecule has 0 bridgehead atoms. The SMILES string of the molecule is C=C(F)C(=O)N1CCN(c2c(C#N)c(O[C@@H]3CN(C)C[C@H]3OC)nc3c2CCN(c2cccc4cccc(C)c24)C3)C[C@@H]1CC#N. The number of methoxy groups -OCH3 is 1. The molecule has 3 aliphatic rings. The molecule has 3 aliphatic heterocycles. The molecule has 2 aromatic carbocycles. The molecular weight excluding hydrogens is 585 g/mol. The monoisotopic (exact) mass is 623 g/mol. The third kappa shape index (κ3) is 5.73. The largest absolute Gasteiger partial charge is 0.469 e. The van der Waals surface area contributed by atoms with Gasteiger partial charge in [-0.15, -0.1) is 0 Å². The third-order valence-electron chi connectivity index (χ3n) is 9.42. The van der Waals surface area contributed by atoms with Crippen LogP contribution < -0.4 is 14.5 Å². The molecule has 11 heteroatoms. The number of hydrogen-bond donors (Lipinski definition) is 0. The van der Waals surface area contributed by atoms with Crippen molar-refractivity contribution in [3.05, 3.63) is 71.2 Å². The van der Waals surface area contributed by atoms with Crippen LogP contribution in [-0.2, 0) is 22.5 Å². The zero-order valence-electron chi connectivity index (χ0n) is 26.5. The van der Waals surface area contributed by atoms with Gasteiger partial charge in [-0.1, -0.05) is 36.9 Å². The van der Waals surface area contributed by atoms with Crippen LogP contribution in [0.1, 0.15) is 28.8 Å². The van der Waals surface area contributed by atoms with Gasteiger partial charge in [-0.25, -0.2) is 9.37 Å². The Morgan fingerprint density at radius 2 is 1.85 bits per heavy atom. The van der Waals surface area contributed by atoms with E-state index >= 15 is 0 Å². The molecule has 0 unspecified atom stereocenters. The van der Waals surface area contributed by atoms with Crippen LogP contribution in [-0.4, -0.2) is 92.4 Å². The number of hydrogen-bond acceptors (Lipinski definition) is 9. The Hall–Kier alpha value is -4.71. The van der Waals surface area contributed by atoms with Crippen molar-refractivity contribution in [1.82, 2.24) is 14.8 Å². The Morgan fingerprint density at radius 1 is 1.09 bits per heavy atom. The second-order valence-corrected chi connectivity index (χ2v) is 12.3. The molecule has 1 aromatic heterocycles. The van der Waals surface area contributed by atoms with Crippen molar-refractivity contribution in [2.45, 2.75) is 44.6 Å². The van der Waals surface area contributed by atoms with Crippen molar-refractivity contribution in [2.75, 3.05) is 63.2 Å². The van der Waals surface area contributed by atoms with E-state index in [1.165, 1.54) is 21.2 Å². The van der Waals surface area contributed by atoms with Gasteiger partial charge in [-0.3, -0.25) is 9.69 Å². The van der Waals surface area contributed by atoms with Gasteiger partial charge >= 0.3 is 0 Å². The molecule has 6 rings (SSSR count). The molecular formula is C35H38FN7O3. The molecule has 2 saturated heterocycles. The van der Waals surface area contributed by atoms with Crippen LogP contribution in [0.25, 0.3) is 10.8 Å². The number of ether oxygens (including phenoxy) is 2. The van der Waals surface area contributed by atoms with Gasteiger partial charge in [0.25, 0.3) is 5.91 Å². The summed E-state index contributed by atoms with van der Waals surface area (Å²) < 4.78 is 26.2. The molecule has 10 nitrogen and oxygen atoms in total. The number of halogens is 1. The van der Waals surface area contributed by atoms with Gasteiger partial charge in [0, 0.05) is 63.0 Å². The van der Waals surface area contributed by atoms with E-state index in [1.807, 2.05) is 11.9 Å². The fourth-order valence-electron chi connectivity index (χ4n) is 7.21. The summed E-state index contributed by atoms with van der Waals surface area (Å²) in [6.07, 6.45) is 0.144. The number of pyridine rings is 1. The van der Waals surface area contributed by atoms with Gasteiger partial charge in [0.05, 0.1) is 36.5 Å². The molecule has 0 N–H and O–H groups in total. The standard InChI is InChI=1S/C35H38FN7O3/c1-22-7-5-8-24-9-6-10-29(32(22)24)41-14-12-26-28(19-41)39-34(46-31-21-40(3)20-30(31)45-4)27(17-38)33(26)42-15-16-43(35(44)23(2)36)25(18-42)11-13-37/h5-10,25,30-31H,2,11-12,14-16,18-21H2,1,3-4H3/t25-,30+,31+/m0/s1. The molecule has 1 amide bonds. The Balaban J connectivity index is 1.43. The number of likely N-dealkylation sites (N-methyl/N-ethyl adjacent to an activating group) is 1. The van der Waals surface area contributed by atoms with Gasteiger partial charge in [0.1, 0.15) is 23.8 Å². The van der Waals surface area contributed by atoms with Crippen LogP contribution in [0.5, 0.6) is 5.88 Å². The van der Waals surface area contributed by atoms with E-state index in [0.717, 1.165) is 16.9 Å². The summed E-state index contributed by atoms with van der Waals surface area (Å²) in [5.74, 6) is -1.61. The first-order chi connectivity index (χ1) is 22.2. The summed E-state index contributed by atoms with van der Waals surface area (Å²) in [4.78, 5) is 25.5. The minimum absolute atomic E-state index is 0.0200. The summed E-state index contributed by atoms with van der Waals surface area (Å²) in [6.45, 7) is 8.64. The maximum Gasteiger partial charge on any atom is 0.282 e. The minimum Gasteiger partial charge on any atom is -0.469 e. The Bertz CT molecular complexity index is 1760. The van der Waals surface area contributed by atoms with Crippen LogP contribution in [0.15, 0.2) is 48.8 Å². The number of amides is 1. The molecule has 238 valence electrons. The van der Waals surface area contributed by atoms with E-state index in [1.54, 1.807) is 7.11 Å². The molecule has 0 radical (unpaired) electrons. The highest BCUT2D eigenvalue weighted by Crippen LogP contribution is 2.40. The Morgan fingerprint density at radius 3 is 2.57 bits per heavy atom. The van der Waals surface area contributed by atoms with Crippen molar-refractivity contribution in [3.8, 4) is 18.0 Å². The molecule has 4 heterocycles. The summed E-state index contributed by atoms with van der Waals surface area (Å²) in [6, 6.07) is 16.6. The van der Waals surface area contributed by atoms with Crippen molar-refractivity contribution in [1.29, 1.82) is 10.5 Å². The Labute approximate surface area is 268 Å². The summed E-state index contributed by atoms with van der Waals surface area (Å²) in [5.41, 5.74) is 5.12. The number of carbonyl (C=O) groups excluding carboxylic acids is 1. The highest BCUT2D eigenvalue weighted by molar-refractivity contribution is 5.97. The lowest BCUT2D eigenvalue weighted by molar-refractivity contribution is -0.131. The maximum atomic E-state index is 13.9. The first-order valence-corrected chi connectivity index (χ1v) is 15.6. The predicted molar refractivity (Wildman–Crippen MR) is 173 cm³/mol. The van der Waals surface area contributed by atoms with E-state index in [-0.39, 0.29) is 37.6 Å². The lowest BCUT2D eigenvalue weighted by Gasteiger charge is -2.43. The zero-order valence-corrected chi connectivity index (χ0v) is 26.5. The summed E-state index contributed by atoms with van der Waals surface area (Å²) in [7, 11) is 3.65. The summed E-state index contributed by atoms with van der Waals surface area (Å²) in [5, 5.41) is 22.6. The quantitative estimate of drug-likeness (QED) is 0.360. The van der Waals surface area contributed by atoms with E-state index in [2.05, 4.69) is 71.8 Å². The highest BCUT2D eigenvalue weighted by atomic mass is 19.1. The number of nitrogens with zero attached hydrogens (tertiary/aromatic N) is 7. The van der Waals surface area contributed by atoms with Gasteiger partial charge in [-0.2, -0.15) is 10.5 Å². The zero-order chi connectivity index (χ0) is 32.5. The van der Waals surface area contributed by atoms with E-state index in [0.29, 0.717) is 50.4 Å². The molecule has 3 aromatic rings. The number of benzene rings is 2. The lowest BCUT2D eigenvalue weighted by Crippen LogP contribution is -2.55. The number of carbonyl (C=O) groups is 1. The molecule has 0 spiro atoms. The lowest BCUT2D eigenvalue weighted by atomic mass is 9.95. The van der Waals surface area contributed by atoms with Crippen molar-refractivity contribution < 1.29 is 18.7 Å². The normalized spacial score (nSPS) is 21.5. The van der Waals surface area contributed by atoms with Gasteiger partial charge < -0.3 is 24.2 Å². The smallest absolute Gasteiger partial charge is 0.282 e. The number of fused-ring (bicyclic) bond motifs is 2. The molecule has 0 saturated carbocycles. The first kappa shape index (κ1) is 31.3. The number of nitriles is 2. The molecule has 0 aliphatic carbocycles. The topological polar surface area (TPSA) is 109 Å². The second kappa shape index (κ2) is 13.0. The molecule has 46 heavy (non-hydrogen) atoms. The van der Waals surface area contributed by atoms with Crippen molar-refractivity contribution >= 4 is 28.1 Å². The molecule has 3 atom stereocenters. The second-order valence-electron chi connectivity index (χ2n) is 12.3. The maximum absolute atomic E-state index is 13.9. The average molecular weight is 624 g/mol. The van der Waals surface area contributed by atoms with Crippen molar-refractivity contribution in [3.63, 3.8) is 0 Å². The fourth-order valence-corrected chi connectivity index (χ4v) is 7.21. The molecule has 2 fully saturated rings. The third-order valence-corrected chi connectivity index (χ3v) is 9.42. The van der Waals surface area contributed by atoms with Crippen LogP contribution in [0.2, 0.25) is 0 Å². The number of aryl methyl sites for hydroxylation is 1. The van der Waals surface area contributed by atoms with Crippen molar-refractivity contribution in [2.24, 2.45) is 0 Å². The van der Waals surface area contributed by atoms with Crippen LogP contribution >= 0.6 is 0 Å². The van der Waals surface area contributed by atoms with Crippen LogP contribution in [0, 0.1) is 29.6 Å². The van der Waals surface area contributed by atoms with E-state index in [9.17, 15) is 19.7 Å². The van der Waals surface area contributed by atoms with Gasteiger partial charge in [0.2, 0.25) is 5.88 Å². The van der Waals surface area contributed by atoms with Crippen LogP contribution in [0.4, 0.5) is 15.8 Å². The van der Waals surface area contributed by atoms with E-state index in [4.69, 9.17) is 14.5 Å². The highest BCUT2D eigenvalue weighted by Gasteiger charge is 2.38. The summed E-state index contributed by atoms with van der Waals surface area (Å²) >= 11 is 0. The Kier molecular flexibility index (Phi) is 8.81. The van der Waals surface area contributed by atoms with Gasteiger partial charge in [0.15, 0.2) is 5.83 Å². The number of anilines is 2. The van der Waals surface area contributed by atoms with Gasteiger partial charge in [-0.05, 0) is 37.4 Å². The fraction of sp³-hybridized carbons (Fsp3) is 0.429. The number of piperazine rings is 1. The minimum atomic E-state index is -1.05.